The van der Waals surface area contributed by atoms with E-state index in [-0.39, 0.29) is 5.56 Å². The predicted octanol–water partition coefficient (Wildman–Crippen LogP) is 8.03. The second-order valence-corrected chi connectivity index (χ2v) is 7.97. The molecule has 0 fully saturated rings. The molecule has 0 bridgehead atoms. The standard InChI is InChI=1S/C22H23ClF3NS/c1-14(2)21(28-4)27-19-8-5-16(6-9-19)7-10-20(22(24,25)26)17-11-15(3)12-18(23)13-17/h5-13,20,27H,1-4H3/b10-7+. The highest BCUT2D eigenvalue weighted by molar-refractivity contribution is 8.02. The van der Waals surface area contributed by atoms with Crippen LogP contribution in [0, 0.1) is 6.92 Å². The first-order valence-corrected chi connectivity index (χ1v) is 10.3. The van der Waals surface area contributed by atoms with Gasteiger partial charge in [0.05, 0.1) is 10.9 Å². The SMILES string of the molecule is CSC(Nc1ccc(/C=C/C(c2cc(C)cc(Cl)c2)C(F)(F)F)cc1)=C(C)C. The molecule has 0 saturated heterocycles. The molecule has 2 aromatic carbocycles. The summed E-state index contributed by atoms with van der Waals surface area (Å²) in [6.45, 7) is 5.77. The molecule has 1 atom stereocenters. The molecule has 0 aromatic heterocycles. The molecule has 1 unspecified atom stereocenters. The lowest BCUT2D eigenvalue weighted by molar-refractivity contribution is -0.139. The van der Waals surface area contributed by atoms with Gasteiger partial charge in [0, 0.05) is 10.7 Å². The van der Waals surface area contributed by atoms with Crippen molar-refractivity contribution in [3.8, 4) is 0 Å². The Balaban J connectivity index is 2.24. The average molecular weight is 426 g/mol. The highest BCUT2D eigenvalue weighted by Crippen LogP contribution is 2.37. The highest BCUT2D eigenvalue weighted by Gasteiger charge is 2.39. The Hall–Kier alpha value is -1.85. The third-order valence-electron chi connectivity index (χ3n) is 4.08. The largest absolute Gasteiger partial charge is 0.399 e. The van der Waals surface area contributed by atoms with Gasteiger partial charge in [-0.3, -0.25) is 0 Å². The number of halogens is 4. The van der Waals surface area contributed by atoms with E-state index in [0.717, 1.165) is 10.7 Å². The molecule has 1 N–H and O–H groups in total. The Labute approximate surface area is 173 Å². The molecular weight excluding hydrogens is 403 g/mol. The van der Waals surface area contributed by atoms with E-state index >= 15 is 0 Å². The second kappa shape index (κ2) is 9.57. The van der Waals surface area contributed by atoms with Gasteiger partial charge in [0.15, 0.2) is 0 Å². The van der Waals surface area contributed by atoms with Gasteiger partial charge in [-0.1, -0.05) is 42.0 Å². The summed E-state index contributed by atoms with van der Waals surface area (Å²) >= 11 is 7.56. The number of nitrogens with one attached hydrogen (secondary N) is 1. The molecule has 0 spiro atoms. The lowest BCUT2D eigenvalue weighted by Crippen LogP contribution is -2.19. The molecule has 150 valence electrons. The van der Waals surface area contributed by atoms with Crippen LogP contribution in [0.15, 0.2) is 59.1 Å². The number of hydrogen-bond acceptors (Lipinski definition) is 2. The first kappa shape index (κ1) is 22.4. The van der Waals surface area contributed by atoms with Gasteiger partial charge in [0.25, 0.3) is 0 Å². The molecule has 2 aromatic rings. The monoisotopic (exact) mass is 425 g/mol. The van der Waals surface area contributed by atoms with E-state index in [4.69, 9.17) is 11.6 Å². The number of rotatable bonds is 6. The van der Waals surface area contributed by atoms with Crippen molar-refractivity contribution in [3.05, 3.63) is 80.9 Å². The summed E-state index contributed by atoms with van der Waals surface area (Å²) in [6.07, 6.45) is 0.263. The van der Waals surface area contributed by atoms with Crippen molar-refractivity contribution >= 4 is 35.1 Å². The highest BCUT2D eigenvalue weighted by atomic mass is 35.5. The molecular formula is C22H23ClF3NS. The number of thioether (sulfide) groups is 1. The van der Waals surface area contributed by atoms with Crippen molar-refractivity contribution in [2.45, 2.75) is 32.9 Å². The fourth-order valence-corrected chi connectivity index (χ4v) is 3.68. The van der Waals surface area contributed by atoms with Gasteiger partial charge in [-0.2, -0.15) is 13.2 Å². The third kappa shape index (κ3) is 6.35. The van der Waals surface area contributed by atoms with E-state index < -0.39 is 12.1 Å². The maximum atomic E-state index is 13.6. The molecule has 0 heterocycles. The zero-order valence-corrected chi connectivity index (χ0v) is 17.8. The van der Waals surface area contributed by atoms with Crippen LogP contribution in [0.25, 0.3) is 6.08 Å². The second-order valence-electron chi connectivity index (χ2n) is 6.72. The number of benzene rings is 2. The number of aryl methyl sites for hydroxylation is 1. The summed E-state index contributed by atoms with van der Waals surface area (Å²) in [5.74, 6) is -1.71. The van der Waals surface area contributed by atoms with Crippen LogP contribution in [-0.2, 0) is 0 Å². The summed E-state index contributed by atoms with van der Waals surface area (Å²) in [4.78, 5) is 0. The zero-order valence-electron chi connectivity index (χ0n) is 16.2. The molecule has 0 aliphatic heterocycles. The van der Waals surface area contributed by atoms with Crippen molar-refractivity contribution in [2.24, 2.45) is 0 Å². The van der Waals surface area contributed by atoms with Crippen LogP contribution in [0.1, 0.15) is 36.5 Å². The maximum Gasteiger partial charge on any atom is 0.399 e. The number of alkyl halides is 3. The number of anilines is 1. The fraction of sp³-hybridized carbons (Fsp3) is 0.273. The van der Waals surface area contributed by atoms with Crippen molar-refractivity contribution < 1.29 is 13.2 Å². The van der Waals surface area contributed by atoms with Crippen molar-refractivity contribution in [1.82, 2.24) is 0 Å². The number of hydrogen-bond donors (Lipinski definition) is 1. The van der Waals surface area contributed by atoms with Crippen LogP contribution in [0.5, 0.6) is 0 Å². The smallest absolute Gasteiger partial charge is 0.350 e. The summed E-state index contributed by atoms with van der Waals surface area (Å²) in [6, 6.07) is 11.8. The van der Waals surface area contributed by atoms with Gasteiger partial charge < -0.3 is 5.32 Å². The van der Waals surface area contributed by atoms with Crippen LogP contribution < -0.4 is 5.32 Å². The molecule has 28 heavy (non-hydrogen) atoms. The first-order valence-electron chi connectivity index (χ1n) is 8.70. The van der Waals surface area contributed by atoms with Crippen LogP contribution in [0.2, 0.25) is 5.02 Å². The summed E-state index contributed by atoms with van der Waals surface area (Å²) in [5.41, 5.74) is 3.59. The molecule has 0 aliphatic carbocycles. The van der Waals surface area contributed by atoms with E-state index in [1.165, 1.54) is 29.9 Å². The van der Waals surface area contributed by atoms with Crippen LogP contribution >= 0.6 is 23.4 Å². The van der Waals surface area contributed by atoms with Crippen molar-refractivity contribution in [3.63, 3.8) is 0 Å². The molecule has 6 heteroatoms. The Morgan fingerprint density at radius 2 is 1.75 bits per heavy atom. The summed E-state index contributed by atoms with van der Waals surface area (Å²) in [7, 11) is 0. The Morgan fingerprint density at radius 3 is 2.25 bits per heavy atom. The van der Waals surface area contributed by atoms with E-state index in [2.05, 4.69) is 5.32 Å². The van der Waals surface area contributed by atoms with Crippen LogP contribution in [0.3, 0.4) is 0 Å². The molecule has 0 saturated carbocycles. The van der Waals surface area contributed by atoms with Gasteiger partial charge >= 0.3 is 6.18 Å². The minimum Gasteiger partial charge on any atom is -0.350 e. The van der Waals surface area contributed by atoms with Crippen LogP contribution in [0.4, 0.5) is 18.9 Å². The molecule has 1 nitrogen and oxygen atoms in total. The normalized spacial score (nSPS) is 12.9. The number of allylic oxidation sites excluding steroid dienone is 2. The van der Waals surface area contributed by atoms with Crippen LogP contribution in [-0.4, -0.2) is 12.4 Å². The van der Waals surface area contributed by atoms with Gasteiger partial charge in [-0.05, 0) is 73.6 Å². The minimum atomic E-state index is -4.40. The Kier molecular flexibility index (Phi) is 7.67. The van der Waals surface area contributed by atoms with E-state index in [1.54, 1.807) is 36.9 Å². The lowest BCUT2D eigenvalue weighted by Gasteiger charge is -2.18. The fourth-order valence-electron chi connectivity index (χ4n) is 2.75. The van der Waals surface area contributed by atoms with E-state index in [1.807, 2.05) is 32.2 Å². The van der Waals surface area contributed by atoms with Gasteiger partial charge in [0.2, 0.25) is 0 Å². The average Bonchev–Trinajstić information content (AvgIpc) is 2.58. The lowest BCUT2D eigenvalue weighted by atomic mass is 9.95. The van der Waals surface area contributed by atoms with Gasteiger partial charge in [-0.25, -0.2) is 0 Å². The summed E-state index contributed by atoms with van der Waals surface area (Å²) < 4.78 is 40.7. The van der Waals surface area contributed by atoms with Crippen molar-refractivity contribution in [2.75, 3.05) is 11.6 Å². The molecule has 0 amide bonds. The zero-order chi connectivity index (χ0) is 20.9. The van der Waals surface area contributed by atoms with Gasteiger partial charge in [0.1, 0.15) is 0 Å². The van der Waals surface area contributed by atoms with E-state index in [9.17, 15) is 13.2 Å². The Bertz CT molecular complexity index is 846. The third-order valence-corrected chi connectivity index (χ3v) is 5.22. The van der Waals surface area contributed by atoms with E-state index in [0.29, 0.717) is 16.1 Å². The molecule has 2 rings (SSSR count). The minimum absolute atomic E-state index is 0.139. The summed E-state index contributed by atoms with van der Waals surface area (Å²) in [5, 5.41) is 4.66. The molecule has 0 aliphatic rings. The molecule has 0 radical (unpaired) electrons. The van der Waals surface area contributed by atoms with Gasteiger partial charge in [-0.15, -0.1) is 11.8 Å². The Morgan fingerprint density at radius 1 is 1.11 bits per heavy atom. The predicted molar refractivity (Wildman–Crippen MR) is 116 cm³/mol. The maximum absolute atomic E-state index is 13.6. The first-order chi connectivity index (χ1) is 13.1. The quantitative estimate of drug-likeness (QED) is 0.502. The topological polar surface area (TPSA) is 12.0 Å². The van der Waals surface area contributed by atoms with Crippen molar-refractivity contribution in [1.29, 1.82) is 0 Å².